The molecule has 0 saturated carbocycles. The Kier molecular flexibility index (Phi) is 9.92. The molecule has 0 saturated heterocycles. The monoisotopic (exact) mass is 293 g/mol. The van der Waals surface area contributed by atoms with Crippen molar-refractivity contribution >= 4 is 0 Å². The van der Waals surface area contributed by atoms with Crippen molar-refractivity contribution in [1.82, 2.24) is 5.32 Å². The van der Waals surface area contributed by atoms with E-state index in [9.17, 15) is 0 Å². The second kappa shape index (κ2) is 11.6. The van der Waals surface area contributed by atoms with Gasteiger partial charge in [-0.05, 0) is 30.7 Å². The number of benzene rings is 1. The van der Waals surface area contributed by atoms with Crippen molar-refractivity contribution in [3.8, 4) is 5.75 Å². The molecule has 0 aliphatic heterocycles. The lowest BCUT2D eigenvalue weighted by atomic mass is 10.1. The Bertz CT molecular complexity index is 368. The molecule has 0 amide bonds. The van der Waals surface area contributed by atoms with Crippen molar-refractivity contribution in [2.45, 2.75) is 52.0 Å². The van der Waals surface area contributed by atoms with E-state index in [-0.39, 0.29) is 6.04 Å². The van der Waals surface area contributed by atoms with E-state index >= 15 is 0 Å². The summed E-state index contributed by atoms with van der Waals surface area (Å²) in [6.07, 6.45) is 6.39. The molecule has 0 radical (unpaired) electrons. The molecule has 0 aromatic heterocycles. The molecule has 1 unspecified atom stereocenters. The number of ether oxygens (including phenoxy) is 2. The first kappa shape index (κ1) is 18.0. The Hall–Kier alpha value is -1.06. The maximum absolute atomic E-state index is 5.85. The van der Waals surface area contributed by atoms with E-state index < -0.39 is 0 Å². The lowest BCUT2D eigenvalue weighted by molar-refractivity contribution is 0.108. The van der Waals surface area contributed by atoms with Gasteiger partial charge in [-0.2, -0.15) is 0 Å². The zero-order valence-corrected chi connectivity index (χ0v) is 13.9. The number of likely N-dealkylation sites (N-methyl/N-ethyl adjacent to an activating group) is 1. The van der Waals surface area contributed by atoms with Crippen LogP contribution in [0.15, 0.2) is 24.3 Å². The lowest BCUT2D eigenvalue weighted by Gasteiger charge is -2.19. The summed E-state index contributed by atoms with van der Waals surface area (Å²) in [6.45, 7) is 6.87. The van der Waals surface area contributed by atoms with Gasteiger partial charge in [-0.25, -0.2) is 0 Å². The molecule has 1 aromatic rings. The van der Waals surface area contributed by atoms with Gasteiger partial charge >= 0.3 is 0 Å². The molecule has 0 spiro atoms. The third kappa shape index (κ3) is 7.49. The van der Waals surface area contributed by atoms with Crippen LogP contribution in [0.2, 0.25) is 0 Å². The van der Waals surface area contributed by atoms with Crippen LogP contribution in [0, 0.1) is 0 Å². The normalized spacial score (nSPS) is 12.3. The van der Waals surface area contributed by atoms with Gasteiger partial charge < -0.3 is 14.8 Å². The van der Waals surface area contributed by atoms with Crippen LogP contribution in [0.5, 0.6) is 5.75 Å². The molecule has 0 bridgehead atoms. The van der Waals surface area contributed by atoms with Crippen LogP contribution in [0.4, 0.5) is 0 Å². The topological polar surface area (TPSA) is 30.5 Å². The molecular weight excluding hydrogens is 262 g/mol. The van der Waals surface area contributed by atoms with Crippen molar-refractivity contribution in [2.24, 2.45) is 0 Å². The number of nitrogens with one attached hydrogen (secondary N) is 1. The fourth-order valence-electron chi connectivity index (χ4n) is 2.39. The molecule has 1 aromatic carbocycles. The highest BCUT2D eigenvalue weighted by molar-refractivity contribution is 5.30. The number of unbranched alkanes of at least 4 members (excludes halogenated alkanes) is 4. The van der Waals surface area contributed by atoms with Crippen LogP contribution in [0.1, 0.15) is 57.6 Å². The predicted molar refractivity (Wildman–Crippen MR) is 89.0 cm³/mol. The third-order valence-corrected chi connectivity index (χ3v) is 3.62. The third-order valence-electron chi connectivity index (χ3n) is 3.62. The molecule has 1 rings (SSSR count). The van der Waals surface area contributed by atoms with Gasteiger partial charge in [0, 0.05) is 6.61 Å². The van der Waals surface area contributed by atoms with Crippen molar-refractivity contribution in [2.75, 3.05) is 26.9 Å². The van der Waals surface area contributed by atoms with Crippen molar-refractivity contribution in [3.05, 3.63) is 29.8 Å². The van der Waals surface area contributed by atoms with Crippen LogP contribution in [-0.4, -0.2) is 26.9 Å². The Balaban J connectivity index is 2.35. The lowest BCUT2D eigenvalue weighted by Crippen LogP contribution is -2.25. The average molecular weight is 293 g/mol. The molecule has 1 atom stereocenters. The zero-order chi connectivity index (χ0) is 15.3. The number of hydrogen-bond acceptors (Lipinski definition) is 3. The number of hydrogen-bond donors (Lipinski definition) is 1. The summed E-state index contributed by atoms with van der Waals surface area (Å²) in [5.41, 5.74) is 1.22. The van der Waals surface area contributed by atoms with Crippen LogP contribution in [-0.2, 0) is 4.74 Å². The molecule has 0 fully saturated rings. The highest BCUT2D eigenvalue weighted by Crippen LogP contribution is 2.19. The molecule has 120 valence electrons. The summed E-state index contributed by atoms with van der Waals surface area (Å²) in [5.74, 6) is 0.898. The van der Waals surface area contributed by atoms with Crippen LogP contribution in [0.3, 0.4) is 0 Å². The highest BCUT2D eigenvalue weighted by atomic mass is 16.5. The van der Waals surface area contributed by atoms with Gasteiger partial charge in [0.25, 0.3) is 0 Å². The first-order valence-corrected chi connectivity index (χ1v) is 8.26. The standard InChI is InChI=1S/C18H31NO2/c1-4-6-7-8-9-13-21-15-18(19-5-2)16-11-10-12-17(14-16)20-3/h10-12,14,18-19H,4-9,13,15H2,1-3H3. The van der Waals surface area contributed by atoms with Crippen molar-refractivity contribution in [1.29, 1.82) is 0 Å². The summed E-state index contributed by atoms with van der Waals surface area (Å²) in [7, 11) is 1.70. The minimum absolute atomic E-state index is 0.237. The summed E-state index contributed by atoms with van der Waals surface area (Å²) < 4.78 is 11.1. The van der Waals surface area contributed by atoms with Gasteiger partial charge in [-0.1, -0.05) is 51.7 Å². The first-order chi connectivity index (χ1) is 10.3. The summed E-state index contributed by atoms with van der Waals surface area (Å²) >= 11 is 0. The van der Waals surface area contributed by atoms with E-state index in [0.717, 1.165) is 31.9 Å². The van der Waals surface area contributed by atoms with Crippen molar-refractivity contribution < 1.29 is 9.47 Å². The SMILES string of the molecule is CCCCCCCOCC(NCC)c1cccc(OC)c1. The Morgan fingerprint density at radius 2 is 1.90 bits per heavy atom. The van der Waals surface area contributed by atoms with E-state index in [2.05, 4.69) is 31.3 Å². The number of methoxy groups -OCH3 is 1. The van der Waals surface area contributed by atoms with Gasteiger partial charge in [0.2, 0.25) is 0 Å². The van der Waals surface area contributed by atoms with Gasteiger partial charge in [-0.15, -0.1) is 0 Å². The fourth-order valence-corrected chi connectivity index (χ4v) is 2.39. The van der Waals surface area contributed by atoms with E-state index in [1.165, 1.54) is 31.2 Å². The van der Waals surface area contributed by atoms with E-state index in [1.807, 2.05) is 12.1 Å². The van der Waals surface area contributed by atoms with Crippen LogP contribution in [0.25, 0.3) is 0 Å². The van der Waals surface area contributed by atoms with E-state index in [1.54, 1.807) is 7.11 Å². The maximum atomic E-state index is 5.85. The molecule has 1 N–H and O–H groups in total. The summed E-state index contributed by atoms with van der Waals surface area (Å²) in [5, 5.41) is 3.48. The maximum Gasteiger partial charge on any atom is 0.119 e. The minimum atomic E-state index is 0.237. The highest BCUT2D eigenvalue weighted by Gasteiger charge is 2.11. The van der Waals surface area contributed by atoms with Gasteiger partial charge in [-0.3, -0.25) is 0 Å². The smallest absolute Gasteiger partial charge is 0.119 e. The molecule has 21 heavy (non-hydrogen) atoms. The predicted octanol–water partition coefficient (Wildman–Crippen LogP) is 4.33. The summed E-state index contributed by atoms with van der Waals surface area (Å²) in [4.78, 5) is 0. The molecule has 3 nitrogen and oxygen atoms in total. The van der Waals surface area contributed by atoms with E-state index in [0.29, 0.717) is 0 Å². The van der Waals surface area contributed by atoms with Gasteiger partial charge in [0.05, 0.1) is 19.8 Å². The van der Waals surface area contributed by atoms with Gasteiger partial charge in [0.1, 0.15) is 5.75 Å². The average Bonchev–Trinajstić information content (AvgIpc) is 2.53. The fraction of sp³-hybridized carbons (Fsp3) is 0.667. The van der Waals surface area contributed by atoms with Crippen molar-refractivity contribution in [3.63, 3.8) is 0 Å². The number of rotatable bonds is 12. The van der Waals surface area contributed by atoms with Crippen LogP contribution >= 0.6 is 0 Å². The molecule has 0 heterocycles. The first-order valence-electron chi connectivity index (χ1n) is 8.26. The Labute approximate surface area is 130 Å². The minimum Gasteiger partial charge on any atom is -0.497 e. The van der Waals surface area contributed by atoms with E-state index in [4.69, 9.17) is 9.47 Å². The second-order valence-corrected chi connectivity index (χ2v) is 5.38. The molecular formula is C18H31NO2. The molecule has 0 aliphatic rings. The quantitative estimate of drug-likeness (QED) is 0.582. The molecule has 0 aliphatic carbocycles. The second-order valence-electron chi connectivity index (χ2n) is 5.38. The van der Waals surface area contributed by atoms with Crippen LogP contribution < -0.4 is 10.1 Å². The Morgan fingerprint density at radius 3 is 2.62 bits per heavy atom. The zero-order valence-electron chi connectivity index (χ0n) is 13.9. The molecule has 3 heteroatoms. The largest absolute Gasteiger partial charge is 0.497 e. The van der Waals surface area contributed by atoms with Gasteiger partial charge in [0.15, 0.2) is 0 Å². The Morgan fingerprint density at radius 1 is 1.10 bits per heavy atom. The summed E-state index contributed by atoms with van der Waals surface area (Å²) in [6, 6.07) is 8.45.